The smallest absolute Gasteiger partial charge is 0.147 e. The molecule has 0 atom stereocenters. The molecule has 2 nitrogen and oxygen atoms in total. The van der Waals surface area contributed by atoms with Gasteiger partial charge in [0, 0.05) is 4.47 Å². The van der Waals surface area contributed by atoms with Crippen molar-refractivity contribution in [1.29, 1.82) is 0 Å². The molecular weight excluding hydrogens is 353 g/mol. The van der Waals surface area contributed by atoms with E-state index >= 15 is 0 Å². The second-order valence-electron chi connectivity index (χ2n) is 3.65. The number of hydrogen-bond donors (Lipinski definition) is 1. The van der Waals surface area contributed by atoms with E-state index in [0.717, 1.165) is 4.47 Å². The van der Waals surface area contributed by atoms with Gasteiger partial charge in [-0.2, -0.15) is 0 Å². The van der Waals surface area contributed by atoms with Crippen molar-refractivity contribution in [1.82, 2.24) is 0 Å². The molecular formula is C13H8BrClFNOS. The Hall–Kier alpha value is -1.17. The number of rotatable bonds is 3. The number of benzene rings is 2. The molecule has 0 fully saturated rings. The first-order valence-electron chi connectivity index (χ1n) is 5.20. The number of thiocarbonyl (C=S) groups is 1. The molecule has 0 spiro atoms. The van der Waals surface area contributed by atoms with Gasteiger partial charge in [0.1, 0.15) is 22.3 Å². The molecule has 6 heteroatoms. The van der Waals surface area contributed by atoms with Crippen LogP contribution in [-0.4, -0.2) is 4.99 Å². The van der Waals surface area contributed by atoms with Crippen LogP contribution in [0.25, 0.3) is 0 Å². The van der Waals surface area contributed by atoms with Crippen LogP contribution >= 0.6 is 39.7 Å². The molecule has 0 heterocycles. The predicted octanol–water partition coefficient (Wildman–Crippen LogP) is 4.67. The van der Waals surface area contributed by atoms with Crippen LogP contribution < -0.4 is 10.5 Å². The largest absolute Gasteiger partial charge is 0.455 e. The number of hydrogen-bond acceptors (Lipinski definition) is 2. The van der Waals surface area contributed by atoms with Gasteiger partial charge in [-0.1, -0.05) is 45.8 Å². The zero-order valence-electron chi connectivity index (χ0n) is 9.49. The molecule has 0 aliphatic carbocycles. The van der Waals surface area contributed by atoms with Crippen molar-refractivity contribution < 1.29 is 9.13 Å². The van der Waals surface area contributed by atoms with E-state index in [1.165, 1.54) is 12.1 Å². The summed E-state index contributed by atoms with van der Waals surface area (Å²) >= 11 is 14.1. The summed E-state index contributed by atoms with van der Waals surface area (Å²) in [4.78, 5) is -0.0702. The lowest BCUT2D eigenvalue weighted by Crippen LogP contribution is -2.13. The maximum absolute atomic E-state index is 13.7. The Morgan fingerprint density at radius 1 is 1.26 bits per heavy atom. The first kappa shape index (κ1) is 14.2. The molecule has 0 amide bonds. The van der Waals surface area contributed by atoms with E-state index in [2.05, 4.69) is 15.9 Å². The molecule has 2 aromatic carbocycles. The van der Waals surface area contributed by atoms with Crippen LogP contribution in [0.15, 0.2) is 40.9 Å². The molecule has 0 aliphatic heterocycles. The van der Waals surface area contributed by atoms with Gasteiger partial charge in [-0.05, 0) is 30.3 Å². The molecule has 2 aromatic rings. The van der Waals surface area contributed by atoms with Gasteiger partial charge in [0.25, 0.3) is 0 Å². The second kappa shape index (κ2) is 5.86. The summed E-state index contributed by atoms with van der Waals surface area (Å²) in [6.07, 6.45) is 0. The zero-order valence-corrected chi connectivity index (χ0v) is 12.7. The van der Waals surface area contributed by atoms with Crippen molar-refractivity contribution in [3.8, 4) is 11.5 Å². The standard InChI is InChI=1S/C13H8BrClFNOS/c14-7-4-5-8(15)11(6-7)18-10-3-1-2-9(16)12(10)13(17)19/h1-6H,(H2,17,19). The lowest BCUT2D eigenvalue weighted by Gasteiger charge is -2.12. The fraction of sp³-hybridized carbons (Fsp3) is 0. The SMILES string of the molecule is NC(=S)c1c(F)cccc1Oc1cc(Br)ccc1Cl. The highest BCUT2D eigenvalue weighted by molar-refractivity contribution is 9.10. The molecule has 0 saturated heterocycles. The van der Waals surface area contributed by atoms with Crippen LogP contribution in [0.4, 0.5) is 4.39 Å². The maximum Gasteiger partial charge on any atom is 0.147 e. The van der Waals surface area contributed by atoms with Crippen molar-refractivity contribution in [3.63, 3.8) is 0 Å². The normalized spacial score (nSPS) is 10.3. The highest BCUT2D eigenvalue weighted by atomic mass is 79.9. The molecule has 19 heavy (non-hydrogen) atoms. The van der Waals surface area contributed by atoms with Crippen molar-refractivity contribution in [2.45, 2.75) is 0 Å². The summed E-state index contributed by atoms with van der Waals surface area (Å²) in [6, 6.07) is 9.48. The van der Waals surface area contributed by atoms with Crippen LogP contribution in [0.1, 0.15) is 5.56 Å². The van der Waals surface area contributed by atoms with Gasteiger partial charge in [-0.15, -0.1) is 0 Å². The minimum absolute atomic E-state index is 0.0635. The first-order valence-corrected chi connectivity index (χ1v) is 6.78. The van der Waals surface area contributed by atoms with Gasteiger partial charge < -0.3 is 10.5 Å². The highest BCUT2D eigenvalue weighted by Gasteiger charge is 2.14. The monoisotopic (exact) mass is 359 g/mol. The minimum atomic E-state index is -0.531. The van der Waals surface area contributed by atoms with Crippen LogP contribution in [0, 0.1) is 5.82 Å². The fourth-order valence-electron chi connectivity index (χ4n) is 1.50. The Bertz CT molecular complexity index is 651. The Balaban J connectivity index is 2.46. The maximum atomic E-state index is 13.7. The van der Waals surface area contributed by atoms with E-state index in [0.29, 0.717) is 10.8 Å². The number of nitrogens with two attached hydrogens (primary N) is 1. The lowest BCUT2D eigenvalue weighted by atomic mass is 10.2. The quantitative estimate of drug-likeness (QED) is 0.808. The third-order valence-electron chi connectivity index (χ3n) is 2.33. The van der Waals surface area contributed by atoms with Gasteiger partial charge in [-0.25, -0.2) is 4.39 Å². The van der Waals surface area contributed by atoms with Crippen LogP contribution in [0.3, 0.4) is 0 Å². The predicted molar refractivity (Wildman–Crippen MR) is 81.5 cm³/mol. The third kappa shape index (κ3) is 3.23. The van der Waals surface area contributed by atoms with Gasteiger partial charge in [-0.3, -0.25) is 0 Å². The van der Waals surface area contributed by atoms with Crippen molar-refractivity contribution in [2.75, 3.05) is 0 Å². The molecule has 2 N–H and O–H groups in total. The average Bonchev–Trinajstić information content (AvgIpc) is 2.33. The van der Waals surface area contributed by atoms with Crippen LogP contribution in [0.2, 0.25) is 5.02 Å². The second-order valence-corrected chi connectivity index (χ2v) is 5.42. The van der Waals surface area contributed by atoms with E-state index in [-0.39, 0.29) is 16.3 Å². The Labute approximate surface area is 128 Å². The van der Waals surface area contributed by atoms with Crippen molar-refractivity contribution in [2.24, 2.45) is 5.73 Å². The summed E-state index contributed by atoms with van der Waals surface area (Å²) in [6.45, 7) is 0. The molecule has 0 unspecified atom stereocenters. The summed E-state index contributed by atoms with van der Waals surface area (Å²) in [5, 5.41) is 0.404. The van der Waals surface area contributed by atoms with Crippen molar-refractivity contribution in [3.05, 3.63) is 57.3 Å². The first-order chi connectivity index (χ1) is 8.99. The van der Waals surface area contributed by atoms with E-state index in [9.17, 15) is 4.39 Å². The fourth-order valence-corrected chi connectivity index (χ4v) is 2.20. The van der Waals surface area contributed by atoms with Crippen molar-refractivity contribution >= 4 is 44.7 Å². The number of halogens is 3. The van der Waals surface area contributed by atoms with Gasteiger partial charge in [0.2, 0.25) is 0 Å². The molecule has 0 saturated carbocycles. The molecule has 0 radical (unpaired) electrons. The number of ether oxygens (including phenoxy) is 1. The Morgan fingerprint density at radius 2 is 2.00 bits per heavy atom. The molecule has 98 valence electrons. The molecule has 0 aromatic heterocycles. The topological polar surface area (TPSA) is 35.2 Å². The van der Waals surface area contributed by atoms with Gasteiger partial charge >= 0.3 is 0 Å². The minimum Gasteiger partial charge on any atom is -0.455 e. The van der Waals surface area contributed by atoms with Crippen LogP contribution in [0.5, 0.6) is 11.5 Å². The molecule has 0 bridgehead atoms. The van der Waals surface area contributed by atoms with E-state index < -0.39 is 5.82 Å². The zero-order chi connectivity index (χ0) is 14.0. The third-order valence-corrected chi connectivity index (χ3v) is 3.34. The Kier molecular flexibility index (Phi) is 4.39. The summed E-state index contributed by atoms with van der Waals surface area (Å²) in [5.74, 6) is 0.0859. The average molecular weight is 361 g/mol. The van der Waals surface area contributed by atoms with Crippen LogP contribution in [-0.2, 0) is 0 Å². The summed E-state index contributed by atoms with van der Waals surface area (Å²) < 4.78 is 20.1. The van der Waals surface area contributed by atoms with E-state index in [1.807, 2.05) is 0 Å². The lowest BCUT2D eigenvalue weighted by molar-refractivity contribution is 0.475. The summed E-state index contributed by atoms with van der Waals surface area (Å²) in [5.41, 5.74) is 5.57. The molecule has 0 aliphatic rings. The van der Waals surface area contributed by atoms with Gasteiger partial charge in [0.05, 0.1) is 10.6 Å². The highest BCUT2D eigenvalue weighted by Crippen LogP contribution is 2.34. The Morgan fingerprint density at radius 3 is 2.68 bits per heavy atom. The van der Waals surface area contributed by atoms with Gasteiger partial charge in [0.15, 0.2) is 0 Å². The summed E-state index contributed by atoms with van der Waals surface area (Å²) in [7, 11) is 0. The van der Waals surface area contributed by atoms with E-state index in [1.54, 1.807) is 24.3 Å². The molecule has 2 rings (SSSR count). The van der Waals surface area contributed by atoms with E-state index in [4.69, 9.17) is 34.3 Å².